The maximum atomic E-state index is 14.5. The summed E-state index contributed by atoms with van der Waals surface area (Å²) in [5, 5.41) is 8.05. The highest BCUT2D eigenvalue weighted by molar-refractivity contribution is 6.03. The summed E-state index contributed by atoms with van der Waals surface area (Å²) in [4.78, 5) is 49.5. The molecule has 2 atom stereocenters. The minimum Gasteiger partial charge on any atom is -0.497 e. The van der Waals surface area contributed by atoms with E-state index in [9.17, 15) is 23.2 Å². The van der Waals surface area contributed by atoms with E-state index in [-0.39, 0.29) is 28.7 Å². The summed E-state index contributed by atoms with van der Waals surface area (Å²) in [5.41, 5.74) is 0.332. The Hall–Kier alpha value is -5.24. The maximum Gasteiger partial charge on any atom is 0.327 e. The van der Waals surface area contributed by atoms with Crippen LogP contribution in [0.2, 0.25) is 0 Å². The number of benzene rings is 3. The molecule has 252 valence electrons. The minimum absolute atomic E-state index is 0.0374. The topological polar surface area (TPSA) is 121 Å². The van der Waals surface area contributed by atoms with E-state index in [1.807, 2.05) is 0 Å². The zero-order valence-electron chi connectivity index (χ0n) is 26.9. The summed E-state index contributed by atoms with van der Waals surface area (Å²) >= 11 is 0. The third-order valence-corrected chi connectivity index (χ3v) is 8.77. The molecule has 3 amide bonds. The van der Waals surface area contributed by atoms with Crippen molar-refractivity contribution in [2.24, 2.45) is 0 Å². The molecule has 0 aliphatic carbocycles. The number of amides is 3. The number of hydrogen-bond donors (Lipinski definition) is 2. The van der Waals surface area contributed by atoms with Gasteiger partial charge in [-0.2, -0.15) is 0 Å². The van der Waals surface area contributed by atoms with Gasteiger partial charge >= 0.3 is 6.03 Å². The third kappa shape index (κ3) is 6.47. The fourth-order valence-electron chi connectivity index (χ4n) is 6.25. The summed E-state index contributed by atoms with van der Waals surface area (Å²) < 4.78 is 40.6. The van der Waals surface area contributed by atoms with E-state index in [1.165, 1.54) is 66.3 Å². The number of rotatable bonds is 8. The number of urea groups is 1. The number of halogens is 2. The molecule has 0 spiro atoms. The van der Waals surface area contributed by atoms with E-state index in [0.717, 1.165) is 19.4 Å². The number of methoxy groups -OCH3 is 2. The number of piperazine rings is 1. The van der Waals surface area contributed by atoms with Crippen LogP contribution in [-0.4, -0.2) is 79.5 Å². The lowest BCUT2D eigenvalue weighted by molar-refractivity contribution is -0.133. The van der Waals surface area contributed by atoms with Crippen molar-refractivity contribution in [2.45, 2.75) is 31.8 Å². The molecule has 2 fully saturated rings. The van der Waals surface area contributed by atoms with Crippen molar-refractivity contribution >= 4 is 34.2 Å². The molecule has 3 aromatic carbocycles. The first-order valence-corrected chi connectivity index (χ1v) is 15.8. The summed E-state index contributed by atoms with van der Waals surface area (Å²) in [7, 11) is 2.96. The van der Waals surface area contributed by atoms with Gasteiger partial charge in [-0.15, -0.1) is 0 Å². The van der Waals surface area contributed by atoms with Crippen molar-refractivity contribution in [1.29, 1.82) is 0 Å². The highest BCUT2D eigenvalue weighted by Crippen LogP contribution is 2.37. The largest absolute Gasteiger partial charge is 0.497 e. The van der Waals surface area contributed by atoms with E-state index in [1.54, 1.807) is 35.0 Å². The molecule has 2 N–H and O–H groups in total. The average molecular weight is 662 g/mol. The molecule has 2 unspecified atom stereocenters. The molecule has 48 heavy (non-hydrogen) atoms. The number of carbonyl (C=O) groups is 2. The molecule has 3 heterocycles. The number of anilines is 2. The van der Waals surface area contributed by atoms with Gasteiger partial charge in [0.05, 0.1) is 56.0 Å². The van der Waals surface area contributed by atoms with Gasteiger partial charge in [-0.05, 0) is 74.8 Å². The van der Waals surface area contributed by atoms with Gasteiger partial charge in [-0.3, -0.25) is 14.5 Å². The van der Waals surface area contributed by atoms with Gasteiger partial charge in [-0.1, -0.05) is 0 Å². The van der Waals surface area contributed by atoms with Crippen LogP contribution in [0, 0.1) is 11.6 Å². The lowest BCUT2D eigenvalue weighted by atomic mass is 10.1. The van der Waals surface area contributed by atoms with Crippen LogP contribution in [0.4, 0.5) is 25.0 Å². The number of nitrogens with zero attached hydrogens (tertiary/aromatic N) is 5. The van der Waals surface area contributed by atoms with Gasteiger partial charge in [0.15, 0.2) is 5.82 Å². The highest BCUT2D eigenvalue weighted by atomic mass is 19.1. The van der Waals surface area contributed by atoms with Crippen molar-refractivity contribution in [1.82, 2.24) is 19.9 Å². The number of aromatic nitrogens is 2. The van der Waals surface area contributed by atoms with Crippen LogP contribution in [0.3, 0.4) is 0 Å². The normalized spacial score (nSPS) is 16.9. The van der Waals surface area contributed by atoms with Crippen LogP contribution >= 0.6 is 0 Å². The highest BCUT2D eigenvalue weighted by Gasteiger charge is 2.34. The second kappa shape index (κ2) is 13.9. The van der Waals surface area contributed by atoms with Crippen molar-refractivity contribution in [3.63, 3.8) is 0 Å². The fraction of sp³-hybridized carbons (Fsp3) is 0.353. The molecule has 0 radical (unpaired) electrons. The van der Waals surface area contributed by atoms with Gasteiger partial charge in [-0.25, -0.2) is 23.2 Å². The van der Waals surface area contributed by atoms with Crippen molar-refractivity contribution < 1.29 is 27.8 Å². The monoisotopic (exact) mass is 661 g/mol. The van der Waals surface area contributed by atoms with Crippen molar-refractivity contribution in [3.05, 3.63) is 88.5 Å². The second-order valence-electron chi connectivity index (χ2n) is 11.7. The Balaban J connectivity index is 1.44. The molecule has 4 aromatic rings. The van der Waals surface area contributed by atoms with Gasteiger partial charge in [0.1, 0.15) is 23.1 Å². The van der Waals surface area contributed by atoms with Gasteiger partial charge in [0.2, 0.25) is 5.91 Å². The Labute approximate surface area is 275 Å². The maximum absolute atomic E-state index is 14.5. The number of nitrogens with one attached hydrogen (secondary N) is 2. The van der Waals surface area contributed by atoms with Crippen LogP contribution in [0.15, 0.2) is 65.5 Å². The Morgan fingerprint density at radius 3 is 2.38 bits per heavy atom. The van der Waals surface area contributed by atoms with Crippen LogP contribution in [-0.2, 0) is 4.79 Å². The Morgan fingerprint density at radius 1 is 0.979 bits per heavy atom. The van der Waals surface area contributed by atoms with Crippen LogP contribution < -0.4 is 35.6 Å². The SMILES string of the molecule is COc1ccc(N(C(=O)Nc2ccc(F)cc2)C(C)c2nc3cc(F)ccc3c(=O)n2N2CCN(C(=O)C3CCCN3)CC2)c(OC)c1. The van der Waals surface area contributed by atoms with Gasteiger partial charge in [0.25, 0.3) is 5.56 Å². The van der Waals surface area contributed by atoms with Crippen LogP contribution in [0.25, 0.3) is 10.9 Å². The third-order valence-electron chi connectivity index (χ3n) is 8.77. The van der Waals surface area contributed by atoms with Crippen molar-refractivity contribution in [3.8, 4) is 11.5 Å². The standard InChI is InChI=1S/C34H37F2N7O5/c1-21(42(29-13-11-25(47-2)20-30(29)48-3)34(46)38-24-9-6-22(35)7-10-24)31-39-28-19-23(36)8-12-26(28)32(44)43(31)41-17-15-40(16-18-41)33(45)27-5-4-14-37-27/h6-13,19-21,27,37H,4-5,14-18H2,1-3H3,(H,38,46). The molecule has 2 aliphatic heterocycles. The Bertz CT molecular complexity index is 1870. The average Bonchev–Trinajstić information content (AvgIpc) is 3.64. The fourth-order valence-corrected chi connectivity index (χ4v) is 6.25. The first-order valence-electron chi connectivity index (χ1n) is 15.8. The number of carbonyl (C=O) groups excluding carboxylic acids is 2. The molecule has 2 saturated heterocycles. The van der Waals surface area contributed by atoms with Gasteiger partial charge in [0, 0.05) is 30.9 Å². The molecule has 0 bridgehead atoms. The molecular formula is C34H37F2N7O5. The van der Waals surface area contributed by atoms with E-state index in [0.29, 0.717) is 49.1 Å². The lowest BCUT2D eigenvalue weighted by Crippen LogP contribution is -2.58. The summed E-state index contributed by atoms with van der Waals surface area (Å²) in [6.07, 6.45) is 1.73. The number of fused-ring (bicyclic) bond motifs is 1. The molecule has 12 nitrogen and oxygen atoms in total. The zero-order chi connectivity index (χ0) is 33.9. The van der Waals surface area contributed by atoms with E-state index in [2.05, 4.69) is 10.6 Å². The molecule has 14 heteroatoms. The lowest BCUT2D eigenvalue weighted by Gasteiger charge is -2.39. The Kier molecular flexibility index (Phi) is 9.44. The predicted octanol–water partition coefficient (Wildman–Crippen LogP) is 4.02. The zero-order valence-corrected chi connectivity index (χ0v) is 26.9. The molecular weight excluding hydrogens is 624 g/mol. The molecule has 1 aromatic heterocycles. The van der Waals surface area contributed by atoms with Crippen LogP contribution in [0.1, 0.15) is 31.6 Å². The van der Waals surface area contributed by atoms with Gasteiger partial charge < -0.3 is 30.0 Å². The second-order valence-corrected chi connectivity index (χ2v) is 11.7. The van der Waals surface area contributed by atoms with Crippen molar-refractivity contribution in [2.75, 3.05) is 62.2 Å². The predicted molar refractivity (Wildman–Crippen MR) is 177 cm³/mol. The number of ether oxygens (including phenoxy) is 2. The van der Waals surface area contributed by atoms with Crippen LogP contribution in [0.5, 0.6) is 11.5 Å². The first-order chi connectivity index (χ1) is 23.2. The molecule has 0 saturated carbocycles. The number of hydrogen-bond acceptors (Lipinski definition) is 8. The Morgan fingerprint density at radius 2 is 1.71 bits per heavy atom. The molecule has 2 aliphatic rings. The minimum atomic E-state index is -0.949. The smallest absolute Gasteiger partial charge is 0.327 e. The molecule has 6 rings (SSSR count). The quantitative estimate of drug-likeness (QED) is 0.291. The first kappa shape index (κ1) is 32.7. The summed E-state index contributed by atoms with van der Waals surface area (Å²) in [6.45, 7) is 3.89. The van der Waals surface area contributed by atoms with E-state index < -0.39 is 29.3 Å². The van der Waals surface area contributed by atoms with E-state index in [4.69, 9.17) is 14.5 Å². The summed E-state index contributed by atoms with van der Waals surface area (Å²) in [6, 6.07) is 12.2. The summed E-state index contributed by atoms with van der Waals surface area (Å²) in [5.74, 6) is -0.0607. The van der Waals surface area contributed by atoms with E-state index >= 15 is 0 Å².